The van der Waals surface area contributed by atoms with Gasteiger partial charge in [0.25, 0.3) is 0 Å². The van der Waals surface area contributed by atoms with Crippen molar-refractivity contribution in [2.45, 2.75) is 16.3 Å². The molecule has 7 heteroatoms. The van der Waals surface area contributed by atoms with Gasteiger partial charge in [0.05, 0.1) is 6.61 Å². The zero-order chi connectivity index (χ0) is 12.1. The first kappa shape index (κ1) is 12.0. The third kappa shape index (κ3) is 3.24. The highest BCUT2D eigenvalue weighted by Crippen LogP contribution is 2.28. The van der Waals surface area contributed by atoms with Crippen molar-refractivity contribution in [3.05, 3.63) is 29.4 Å². The van der Waals surface area contributed by atoms with Crippen LogP contribution in [0.15, 0.2) is 33.8 Å². The molecule has 0 saturated heterocycles. The van der Waals surface area contributed by atoms with Gasteiger partial charge in [0, 0.05) is 6.20 Å². The monoisotopic (exact) mass is 267 g/mol. The minimum Gasteiger partial charge on any atom is -0.461 e. The standard InChI is InChI=1S/C10H9N3O2S2/c1-2-15-9(14)8-12-13-10(17-8)16-7-5-3-4-6-11-7/h3-6H,2H2,1H3. The molecule has 17 heavy (non-hydrogen) atoms. The van der Waals surface area contributed by atoms with Crippen LogP contribution in [0.1, 0.15) is 16.7 Å². The minimum absolute atomic E-state index is 0.269. The van der Waals surface area contributed by atoms with Crippen molar-refractivity contribution in [1.82, 2.24) is 15.2 Å². The zero-order valence-corrected chi connectivity index (χ0v) is 10.6. The lowest BCUT2D eigenvalue weighted by Crippen LogP contribution is -2.03. The van der Waals surface area contributed by atoms with Crippen LogP contribution in [0.3, 0.4) is 0 Å². The second-order valence-corrected chi connectivity index (χ2v) is 5.11. The van der Waals surface area contributed by atoms with Gasteiger partial charge in [-0.15, -0.1) is 10.2 Å². The van der Waals surface area contributed by atoms with Gasteiger partial charge in [-0.25, -0.2) is 9.78 Å². The Bertz CT molecular complexity index is 501. The largest absolute Gasteiger partial charge is 0.461 e. The number of nitrogens with zero attached hydrogens (tertiary/aromatic N) is 3. The predicted molar refractivity (Wildman–Crippen MR) is 64.2 cm³/mol. The first-order chi connectivity index (χ1) is 8.29. The number of carbonyl (C=O) groups is 1. The van der Waals surface area contributed by atoms with Crippen LogP contribution < -0.4 is 0 Å². The number of rotatable bonds is 4. The molecule has 0 N–H and O–H groups in total. The van der Waals surface area contributed by atoms with E-state index in [0.717, 1.165) is 5.03 Å². The summed E-state index contributed by atoms with van der Waals surface area (Å²) in [5, 5.41) is 8.77. The fraction of sp³-hybridized carbons (Fsp3) is 0.200. The Morgan fingerprint density at radius 1 is 1.47 bits per heavy atom. The van der Waals surface area contributed by atoms with Gasteiger partial charge in [0.15, 0.2) is 4.34 Å². The van der Waals surface area contributed by atoms with Gasteiger partial charge >= 0.3 is 5.97 Å². The van der Waals surface area contributed by atoms with E-state index in [9.17, 15) is 4.79 Å². The average molecular weight is 267 g/mol. The summed E-state index contributed by atoms with van der Waals surface area (Å²) in [6.45, 7) is 2.09. The number of pyridine rings is 1. The number of esters is 1. The average Bonchev–Trinajstić information content (AvgIpc) is 2.79. The SMILES string of the molecule is CCOC(=O)c1nnc(Sc2ccccn2)s1. The van der Waals surface area contributed by atoms with E-state index in [1.807, 2.05) is 18.2 Å². The minimum atomic E-state index is -0.433. The van der Waals surface area contributed by atoms with E-state index in [1.165, 1.54) is 23.1 Å². The van der Waals surface area contributed by atoms with Crippen molar-refractivity contribution in [2.75, 3.05) is 6.61 Å². The highest BCUT2D eigenvalue weighted by Gasteiger charge is 2.14. The zero-order valence-electron chi connectivity index (χ0n) is 8.99. The van der Waals surface area contributed by atoms with Gasteiger partial charge in [-0.05, 0) is 30.8 Å². The summed E-state index contributed by atoms with van der Waals surface area (Å²) in [4.78, 5) is 15.5. The van der Waals surface area contributed by atoms with Crippen LogP contribution in [0.4, 0.5) is 0 Å². The second-order valence-electron chi connectivity index (χ2n) is 2.86. The highest BCUT2D eigenvalue weighted by atomic mass is 32.2. The first-order valence-corrected chi connectivity index (χ1v) is 6.52. The maximum Gasteiger partial charge on any atom is 0.369 e. The van der Waals surface area contributed by atoms with Crippen molar-refractivity contribution in [3.8, 4) is 0 Å². The molecule has 0 radical (unpaired) electrons. The molecule has 88 valence electrons. The maximum atomic E-state index is 11.4. The number of aromatic nitrogens is 3. The molecule has 2 aromatic rings. The molecular formula is C10H9N3O2S2. The Hall–Kier alpha value is -1.47. The van der Waals surface area contributed by atoms with E-state index < -0.39 is 5.97 Å². The van der Waals surface area contributed by atoms with Crippen LogP contribution in [-0.4, -0.2) is 27.8 Å². The molecule has 0 atom stereocenters. The Labute approximate surface area is 106 Å². The van der Waals surface area contributed by atoms with E-state index in [4.69, 9.17) is 4.74 Å². The molecule has 0 aliphatic heterocycles. The summed E-state index contributed by atoms with van der Waals surface area (Å²) >= 11 is 2.57. The number of carbonyl (C=O) groups excluding carboxylic acids is 1. The van der Waals surface area contributed by atoms with Crippen LogP contribution in [0.5, 0.6) is 0 Å². The Morgan fingerprint density at radius 2 is 2.35 bits per heavy atom. The van der Waals surface area contributed by atoms with Gasteiger partial charge in [-0.2, -0.15) is 0 Å². The fourth-order valence-electron chi connectivity index (χ4n) is 1.02. The second kappa shape index (κ2) is 5.74. The Morgan fingerprint density at radius 3 is 3.06 bits per heavy atom. The molecule has 0 amide bonds. The van der Waals surface area contributed by atoms with Gasteiger partial charge in [-0.3, -0.25) is 0 Å². The van der Waals surface area contributed by atoms with Crippen LogP contribution in [-0.2, 0) is 4.74 Å². The van der Waals surface area contributed by atoms with E-state index >= 15 is 0 Å². The van der Waals surface area contributed by atoms with E-state index in [2.05, 4.69) is 15.2 Å². The van der Waals surface area contributed by atoms with Gasteiger partial charge in [0.2, 0.25) is 5.01 Å². The molecule has 0 fully saturated rings. The molecule has 0 saturated carbocycles. The Kier molecular flexibility index (Phi) is 4.05. The lowest BCUT2D eigenvalue weighted by molar-refractivity contribution is 0.0525. The van der Waals surface area contributed by atoms with Crippen LogP contribution >= 0.6 is 23.1 Å². The summed E-state index contributed by atoms with van der Waals surface area (Å²) in [6.07, 6.45) is 1.70. The van der Waals surface area contributed by atoms with Crippen molar-refractivity contribution in [3.63, 3.8) is 0 Å². The van der Waals surface area contributed by atoms with Crippen LogP contribution in [0.25, 0.3) is 0 Å². The molecule has 2 heterocycles. The third-order valence-corrected chi connectivity index (χ3v) is 3.59. The summed E-state index contributed by atoms with van der Waals surface area (Å²) in [7, 11) is 0. The molecular weight excluding hydrogens is 258 g/mol. The van der Waals surface area contributed by atoms with Gasteiger partial charge in [0.1, 0.15) is 5.03 Å². The summed E-state index contributed by atoms with van der Waals surface area (Å²) in [5.41, 5.74) is 0. The van der Waals surface area contributed by atoms with E-state index in [-0.39, 0.29) is 5.01 Å². The van der Waals surface area contributed by atoms with Crippen molar-refractivity contribution in [1.29, 1.82) is 0 Å². The molecule has 2 rings (SSSR count). The lowest BCUT2D eigenvalue weighted by atomic mass is 10.5. The Balaban J connectivity index is 2.06. The van der Waals surface area contributed by atoms with Crippen LogP contribution in [0.2, 0.25) is 0 Å². The molecule has 0 aliphatic rings. The number of hydrogen-bond acceptors (Lipinski definition) is 7. The lowest BCUT2D eigenvalue weighted by Gasteiger charge is -1.94. The number of hydrogen-bond donors (Lipinski definition) is 0. The smallest absolute Gasteiger partial charge is 0.369 e. The normalized spacial score (nSPS) is 10.2. The molecule has 0 spiro atoms. The molecule has 0 bridgehead atoms. The van der Waals surface area contributed by atoms with E-state index in [0.29, 0.717) is 10.9 Å². The summed E-state index contributed by atoms with van der Waals surface area (Å²) in [6, 6.07) is 5.60. The van der Waals surface area contributed by atoms with E-state index in [1.54, 1.807) is 13.1 Å². The third-order valence-electron chi connectivity index (χ3n) is 1.69. The fourth-order valence-corrected chi connectivity index (χ4v) is 2.67. The summed E-state index contributed by atoms with van der Waals surface area (Å²) in [5.74, 6) is -0.433. The summed E-state index contributed by atoms with van der Waals surface area (Å²) < 4.78 is 5.51. The quantitative estimate of drug-likeness (QED) is 0.792. The molecule has 0 aliphatic carbocycles. The van der Waals surface area contributed by atoms with Crippen molar-refractivity contribution >= 4 is 29.1 Å². The van der Waals surface area contributed by atoms with Crippen LogP contribution in [0, 0.1) is 0 Å². The molecule has 2 aromatic heterocycles. The molecule has 0 unspecified atom stereocenters. The molecule has 0 aromatic carbocycles. The topological polar surface area (TPSA) is 65.0 Å². The first-order valence-electron chi connectivity index (χ1n) is 4.89. The van der Waals surface area contributed by atoms with Gasteiger partial charge < -0.3 is 4.74 Å². The van der Waals surface area contributed by atoms with Crippen molar-refractivity contribution in [2.24, 2.45) is 0 Å². The molecule has 5 nitrogen and oxygen atoms in total. The van der Waals surface area contributed by atoms with Gasteiger partial charge in [-0.1, -0.05) is 17.4 Å². The number of ether oxygens (including phenoxy) is 1. The maximum absolute atomic E-state index is 11.4. The highest BCUT2D eigenvalue weighted by molar-refractivity contribution is 8.01. The van der Waals surface area contributed by atoms with Crippen molar-refractivity contribution < 1.29 is 9.53 Å². The predicted octanol–water partition coefficient (Wildman–Crippen LogP) is 2.26.